The zero-order chi connectivity index (χ0) is 16.3. The Morgan fingerprint density at radius 3 is 2.52 bits per heavy atom. The molecule has 0 unspecified atom stereocenters. The fourth-order valence-electron chi connectivity index (χ4n) is 1.92. The van der Waals surface area contributed by atoms with Gasteiger partial charge in [-0.1, -0.05) is 36.4 Å². The smallest absolute Gasteiger partial charge is 0.244 e. The standard InChI is InChI=1S/C18H19N3O2/c22-17(10-9-16-8-4-5-12-19-16)21-14-18(23)20-13-11-15-6-2-1-3-7-15/h1-10,12H,11,13-14H2,(H,20,23)(H,21,22). The third kappa shape index (κ3) is 6.56. The van der Waals surface area contributed by atoms with Crippen LogP contribution in [0.5, 0.6) is 0 Å². The lowest BCUT2D eigenvalue weighted by atomic mass is 10.1. The second-order valence-electron chi connectivity index (χ2n) is 4.89. The zero-order valence-electron chi connectivity index (χ0n) is 12.7. The summed E-state index contributed by atoms with van der Waals surface area (Å²) < 4.78 is 0. The van der Waals surface area contributed by atoms with Gasteiger partial charge < -0.3 is 10.6 Å². The number of carbonyl (C=O) groups is 2. The molecule has 118 valence electrons. The lowest BCUT2D eigenvalue weighted by Crippen LogP contribution is -2.37. The number of rotatable bonds is 7. The van der Waals surface area contributed by atoms with Crippen LogP contribution in [0.15, 0.2) is 60.8 Å². The number of pyridine rings is 1. The minimum absolute atomic E-state index is 0.0415. The molecule has 0 radical (unpaired) electrons. The highest BCUT2D eigenvalue weighted by atomic mass is 16.2. The van der Waals surface area contributed by atoms with Gasteiger partial charge in [0.15, 0.2) is 0 Å². The lowest BCUT2D eigenvalue weighted by Gasteiger charge is -2.05. The van der Waals surface area contributed by atoms with Gasteiger partial charge in [0, 0.05) is 18.8 Å². The Morgan fingerprint density at radius 2 is 1.78 bits per heavy atom. The van der Waals surface area contributed by atoms with Crippen LogP contribution in [0.3, 0.4) is 0 Å². The second-order valence-corrected chi connectivity index (χ2v) is 4.89. The number of carbonyl (C=O) groups excluding carboxylic acids is 2. The van der Waals surface area contributed by atoms with Crippen molar-refractivity contribution in [1.29, 1.82) is 0 Å². The highest BCUT2D eigenvalue weighted by Crippen LogP contribution is 1.98. The summed E-state index contributed by atoms with van der Waals surface area (Å²) in [6.07, 6.45) is 5.38. The summed E-state index contributed by atoms with van der Waals surface area (Å²) in [7, 11) is 0. The van der Waals surface area contributed by atoms with E-state index >= 15 is 0 Å². The van der Waals surface area contributed by atoms with E-state index in [4.69, 9.17) is 0 Å². The summed E-state index contributed by atoms with van der Waals surface area (Å²) >= 11 is 0. The molecular weight excluding hydrogens is 290 g/mol. The van der Waals surface area contributed by atoms with E-state index in [1.165, 1.54) is 6.08 Å². The molecule has 2 rings (SSSR count). The molecule has 1 aromatic heterocycles. The molecule has 2 aromatic rings. The fraction of sp³-hybridized carbons (Fsp3) is 0.167. The van der Waals surface area contributed by atoms with Crippen molar-refractivity contribution in [2.45, 2.75) is 6.42 Å². The number of hydrogen-bond donors (Lipinski definition) is 2. The minimum atomic E-state index is -0.325. The quantitative estimate of drug-likeness (QED) is 0.763. The van der Waals surface area contributed by atoms with Crippen LogP contribution in [0.25, 0.3) is 6.08 Å². The summed E-state index contributed by atoms with van der Waals surface area (Å²) in [6.45, 7) is 0.503. The van der Waals surface area contributed by atoms with E-state index in [0.717, 1.165) is 12.0 Å². The number of benzene rings is 1. The van der Waals surface area contributed by atoms with Crippen LogP contribution in [0.2, 0.25) is 0 Å². The van der Waals surface area contributed by atoms with E-state index in [1.807, 2.05) is 36.4 Å². The number of nitrogens with zero attached hydrogens (tertiary/aromatic N) is 1. The van der Waals surface area contributed by atoms with Crippen LogP contribution < -0.4 is 10.6 Å². The number of hydrogen-bond acceptors (Lipinski definition) is 3. The Bertz CT molecular complexity index is 654. The molecule has 0 atom stereocenters. The molecule has 1 aromatic carbocycles. The minimum Gasteiger partial charge on any atom is -0.354 e. The van der Waals surface area contributed by atoms with Crippen molar-refractivity contribution in [2.75, 3.05) is 13.1 Å². The van der Waals surface area contributed by atoms with Gasteiger partial charge in [0.2, 0.25) is 11.8 Å². The second kappa shape index (κ2) is 9.15. The van der Waals surface area contributed by atoms with E-state index in [1.54, 1.807) is 24.4 Å². The van der Waals surface area contributed by atoms with E-state index in [-0.39, 0.29) is 18.4 Å². The molecule has 2 N–H and O–H groups in total. The summed E-state index contributed by atoms with van der Waals surface area (Å²) in [5.74, 6) is -0.533. The molecule has 0 aliphatic heterocycles. The highest BCUT2D eigenvalue weighted by molar-refractivity contribution is 5.94. The lowest BCUT2D eigenvalue weighted by molar-refractivity contribution is -0.123. The molecule has 0 saturated heterocycles. The Balaban J connectivity index is 1.64. The molecular formula is C18H19N3O2. The molecule has 0 bridgehead atoms. The first-order valence-electron chi connectivity index (χ1n) is 7.41. The zero-order valence-corrected chi connectivity index (χ0v) is 12.7. The van der Waals surface area contributed by atoms with Crippen LogP contribution in [0, 0.1) is 0 Å². The predicted octanol–water partition coefficient (Wildman–Crippen LogP) is 1.57. The van der Waals surface area contributed by atoms with Gasteiger partial charge in [0.05, 0.1) is 12.2 Å². The number of nitrogens with one attached hydrogen (secondary N) is 2. The van der Waals surface area contributed by atoms with Crippen molar-refractivity contribution >= 4 is 17.9 Å². The molecule has 5 nitrogen and oxygen atoms in total. The average molecular weight is 309 g/mol. The third-order valence-corrected chi connectivity index (χ3v) is 3.10. The largest absolute Gasteiger partial charge is 0.354 e. The Kier molecular flexibility index (Phi) is 6.53. The summed E-state index contributed by atoms with van der Waals surface area (Å²) in [6, 6.07) is 15.3. The first-order chi connectivity index (χ1) is 11.2. The average Bonchev–Trinajstić information content (AvgIpc) is 2.60. The SMILES string of the molecule is O=C(C=Cc1ccccn1)NCC(=O)NCCc1ccccc1. The molecule has 5 heteroatoms. The van der Waals surface area contributed by atoms with Crippen molar-refractivity contribution in [2.24, 2.45) is 0 Å². The topological polar surface area (TPSA) is 71.1 Å². The van der Waals surface area contributed by atoms with Gasteiger partial charge in [0.1, 0.15) is 0 Å². The normalized spacial score (nSPS) is 10.4. The van der Waals surface area contributed by atoms with Crippen molar-refractivity contribution in [3.63, 3.8) is 0 Å². The van der Waals surface area contributed by atoms with Crippen molar-refractivity contribution in [1.82, 2.24) is 15.6 Å². The van der Waals surface area contributed by atoms with Crippen LogP contribution in [0.4, 0.5) is 0 Å². The van der Waals surface area contributed by atoms with Gasteiger partial charge >= 0.3 is 0 Å². The maximum Gasteiger partial charge on any atom is 0.244 e. The van der Waals surface area contributed by atoms with Gasteiger partial charge in [-0.3, -0.25) is 14.6 Å². The first-order valence-corrected chi connectivity index (χ1v) is 7.41. The molecule has 1 heterocycles. The maximum atomic E-state index is 11.6. The van der Waals surface area contributed by atoms with Gasteiger partial charge in [-0.25, -0.2) is 0 Å². The van der Waals surface area contributed by atoms with E-state index in [9.17, 15) is 9.59 Å². The number of amides is 2. The van der Waals surface area contributed by atoms with E-state index in [0.29, 0.717) is 12.2 Å². The van der Waals surface area contributed by atoms with Crippen LogP contribution in [0.1, 0.15) is 11.3 Å². The monoisotopic (exact) mass is 309 g/mol. The highest BCUT2D eigenvalue weighted by Gasteiger charge is 2.02. The third-order valence-electron chi connectivity index (χ3n) is 3.10. The van der Waals surface area contributed by atoms with Gasteiger partial charge in [-0.2, -0.15) is 0 Å². The van der Waals surface area contributed by atoms with E-state index < -0.39 is 0 Å². The first kappa shape index (κ1) is 16.4. The van der Waals surface area contributed by atoms with Crippen molar-refractivity contribution in [3.05, 3.63) is 72.1 Å². The Hall–Kier alpha value is -2.95. The molecule has 0 fully saturated rings. The molecule has 0 spiro atoms. The van der Waals surface area contributed by atoms with Crippen LogP contribution in [-0.4, -0.2) is 29.9 Å². The maximum absolute atomic E-state index is 11.6. The van der Waals surface area contributed by atoms with Crippen molar-refractivity contribution < 1.29 is 9.59 Å². The summed E-state index contributed by atoms with van der Waals surface area (Å²) in [5, 5.41) is 5.31. The van der Waals surface area contributed by atoms with Crippen molar-refractivity contribution in [3.8, 4) is 0 Å². The van der Waals surface area contributed by atoms with Gasteiger partial charge in [-0.15, -0.1) is 0 Å². The fourth-order valence-corrected chi connectivity index (χ4v) is 1.92. The summed E-state index contributed by atoms with van der Waals surface area (Å²) in [5.41, 5.74) is 1.85. The number of aromatic nitrogens is 1. The van der Waals surface area contributed by atoms with Crippen LogP contribution >= 0.6 is 0 Å². The van der Waals surface area contributed by atoms with E-state index in [2.05, 4.69) is 15.6 Å². The Morgan fingerprint density at radius 1 is 1.00 bits per heavy atom. The molecule has 23 heavy (non-hydrogen) atoms. The predicted molar refractivity (Wildman–Crippen MR) is 89.4 cm³/mol. The molecule has 2 amide bonds. The van der Waals surface area contributed by atoms with Crippen LogP contribution in [-0.2, 0) is 16.0 Å². The molecule has 0 aliphatic carbocycles. The molecule has 0 aliphatic rings. The Labute approximate surface area is 135 Å². The van der Waals surface area contributed by atoms with Gasteiger partial charge in [0.25, 0.3) is 0 Å². The molecule has 0 saturated carbocycles. The van der Waals surface area contributed by atoms with Gasteiger partial charge in [-0.05, 0) is 30.2 Å². The summed E-state index contributed by atoms with van der Waals surface area (Å²) in [4.78, 5) is 27.3.